The molecule has 2 heteroatoms. The average Bonchev–Trinajstić information content (AvgIpc) is 2.27. The number of aromatic nitrogens is 1. The summed E-state index contributed by atoms with van der Waals surface area (Å²) in [5, 5.41) is 2.01. The molecule has 0 unspecified atom stereocenters. The third kappa shape index (κ3) is 1.39. The zero-order valence-electron chi connectivity index (χ0n) is 8.03. The standard InChI is InChI=1S/C12H11NO/c1-2-12(14)11-8-13-7-9-5-3-4-6-10(9)11/h3-8H,2H2,1H3. The Morgan fingerprint density at radius 3 is 2.86 bits per heavy atom. The van der Waals surface area contributed by atoms with E-state index in [0.29, 0.717) is 6.42 Å². The minimum absolute atomic E-state index is 0.148. The van der Waals surface area contributed by atoms with Crippen molar-refractivity contribution in [3.05, 3.63) is 42.2 Å². The Bertz CT molecular complexity index is 471. The van der Waals surface area contributed by atoms with Gasteiger partial charge >= 0.3 is 0 Å². The van der Waals surface area contributed by atoms with Crippen LogP contribution in [0.3, 0.4) is 0 Å². The van der Waals surface area contributed by atoms with E-state index in [1.54, 1.807) is 12.4 Å². The Kier molecular flexibility index (Phi) is 2.27. The van der Waals surface area contributed by atoms with E-state index in [9.17, 15) is 4.79 Å². The first-order valence-electron chi connectivity index (χ1n) is 4.69. The number of ketones is 1. The number of hydrogen-bond donors (Lipinski definition) is 0. The SMILES string of the molecule is CCC(=O)c1cncc2ccccc12. The summed E-state index contributed by atoms with van der Waals surface area (Å²) in [7, 11) is 0. The summed E-state index contributed by atoms with van der Waals surface area (Å²) in [4.78, 5) is 15.6. The third-order valence-electron chi connectivity index (χ3n) is 2.29. The van der Waals surface area contributed by atoms with Gasteiger partial charge in [-0.1, -0.05) is 31.2 Å². The van der Waals surface area contributed by atoms with Gasteiger partial charge in [0.2, 0.25) is 0 Å². The summed E-state index contributed by atoms with van der Waals surface area (Å²) in [5.41, 5.74) is 0.727. The van der Waals surface area contributed by atoms with Gasteiger partial charge in [-0.15, -0.1) is 0 Å². The van der Waals surface area contributed by atoms with E-state index in [-0.39, 0.29) is 5.78 Å². The molecule has 1 aromatic carbocycles. The van der Waals surface area contributed by atoms with Gasteiger partial charge in [-0.2, -0.15) is 0 Å². The van der Waals surface area contributed by atoms with E-state index in [2.05, 4.69) is 4.98 Å². The highest BCUT2D eigenvalue weighted by atomic mass is 16.1. The van der Waals surface area contributed by atoms with Crippen LogP contribution >= 0.6 is 0 Å². The minimum atomic E-state index is 0.148. The largest absolute Gasteiger partial charge is 0.294 e. The third-order valence-corrected chi connectivity index (χ3v) is 2.29. The summed E-state index contributed by atoms with van der Waals surface area (Å²) in [6, 6.07) is 7.81. The number of carbonyl (C=O) groups excluding carboxylic acids is 1. The van der Waals surface area contributed by atoms with Crippen molar-refractivity contribution in [1.29, 1.82) is 0 Å². The van der Waals surface area contributed by atoms with Gasteiger partial charge in [-0.05, 0) is 5.39 Å². The lowest BCUT2D eigenvalue weighted by atomic mass is 10.0. The van der Waals surface area contributed by atoms with Gasteiger partial charge < -0.3 is 0 Å². The second-order valence-corrected chi connectivity index (χ2v) is 3.18. The Labute approximate surface area is 82.6 Å². The predicted molar refractivity (Wildman–Crippen MR) is 56.4 cm³/mol. The molecule has 0 radical (unpaired) electrons. The molecule has 0 aliphatic carbocycles. The number of Topliss-reactive ketones (excluding diaryl/α,β-unsaturated/α-hetero) is 1. The van der Waals surface area contributed by atoms with Crippen LogP contribution in [0.5, 0.6) is 0 Å². The van der Waals surface area contributed by atoms with E-state index in [0.717, 1.165) is 16.3 Å². The van der Waals surface area contributed by atoms with Gasteiger partial charge in [0.15, 0.2) is 5.78 Å². The summed E-state index contributed by atoms with van der Waals surface area (Å²) in [6.07, 6.45) is 3.95. The highest BCUT2D eigenvalue weighted by Crippen LogP contribution is 2.17. The van der Waals surface area contributed by atoms with Gasteiger partial charge in [-0.25, -0.2) is 0 Å². The van der Waals surface area contributed by atoms with Crippen LogP contribution in [0.2, 0.25) is 0 Å². The molecule has 0 saturated heterocycles. The monoisotopic (exact) mass is 185 g/mol. The van der Waals surface area contributed by atoms with Crippen molar-refractivity contribution in [1.82, 2.24) is 4.98 Å². The van der Waals surface area contributed by atoms with Crippen LogP contribution in [-0.2, 0) is 0 Å². The van der Waals surface area contributed by atoms with Gasteiger partial charge in [-0.3, -0.25) is 9.78 Å². The van der Waals surface area contributed by atoms with Crippen LogP contribution < -0.4 is 0 Å². The first kappa shape index (κ1) is 8.88. The molecule has 1 aromatic heterocycles. The van der Waals surface area contributed by atoms with Crippen molar-refractivity contribution in [3.8, 4) is 0 Å². The maximum absolute atomic E-state index is 11.6. The number of benzene rings is 1. The summed E-state index contributed by atoms with van der Waals surface area (Å²) in [5.74, 6) is 0.148. The fourth-order valence-corrected chi connectivity index (χ4v) is 1.53. The normalized spacial score (nSPS) is 10.4. The van der Waals surface area contributed by atoms with Crippen LogP contribution in [0.4, 0.5) is 0 Å². The van der Waals surface area contributed by atoms with Crippen LogP contribution in [-0.4, -0.2) is 10.8 Å². The molecule has 0 bridgehead atoms. The van der Waals surface area contributed by atoms with E-state index < -0.39 is 0 Å². The Balaban J connectivity index is 2.71. The van der Waals surface area contributed by atoms with Crippen molar-refractivity contribution in [2.75, 3.05) is 0 Å². The molecule has 0 amide bonds. The zero-order chi connectivity index (χ0) is 9.97. The summed E-state index contributed by atoms with van der Waals surface area (Å²) in [6.45, 7) is 1.87. The van der Waals surface area contributed by atoms with Crippen molar-refractivity contribution in [2.45, 2.75) is 13.3 Å². The number of carbonyl (C=O) groups is 1. The van der Waals surface area contributed by atoms with Gasteiger partial charge in [0.25, 0.3) is 0 Å². The highest BCUT2D eigenvalue weighted by molar-refractivity contribution is 6.07. The van der Waals surface area contributed by atoms with Crippen molar-refractivity contribution >= 4 is 16.6 Å². The summed E-state index contributed by atoms with van der Waals surface area (Å²) < 4.78 is 0. The number of hydrogen-bond acceptors (Lipinski definition) is 2. The van der Waals surface area contributed by atoms with Crippen LogP contribution in [0.15, 0.2) is 36.7 Å². The molecular formula is C12H11NO. The number of fused-ring (bicyclic) bond motifs is 1. The molecule has 2 nitrogen and oxygen atoms in total. The van der Waals surface area contributed by atoms with Crippen molar-refractivity contribution in [2.24, 2.45) is 0 Å². The molecule has 0 atom stereocenters. The Morgan fingerprint density at radius 1 is 1.29 bits per heavy atom. The van der Waals surface area contributed by atoms with Crippen molar-refractivity contribution < 1.29 is 4.79 Å². The molecule has 14 heavy (non-hydrogen) atoms. The first-order valence-corrected chi connectivity index (χ1v) is 4.69. The number of rotatable bonds is 2. The first-order chi connectivity index (χ1) is 6.83. The minimum Gasteiger partial charge on any atom is -0.294 e. The maximum Gasteiger partial charge on any atom is 0.164 e. The molecule has 0 spiro atoms. The zero-order valence-corrected chi connectivity index (χ0v) is 8.03. The lowest BCUT2D eigenvalue weighted by Gasteiger charge is -2.02. The van der Waals surface area contributed by atoms with Crippen molar-refractivity contribution in [3.63, 3.8) is 0 Å². The van der Waals surface area contributed by atoms with Crippen LogP contribution in [0.1, 0.15) is 23.7 Å². The van der Waals surface area contributed by atoms with Crippen LogP contribution in [0, 0.1) is 0 Å². The molecule has 2 aromatic rings. The lowest BCUT2D eigenvalue weighted by molar-refractivity contribution is 0.0989. The molecular weight excluding hydrogens is 174 g/mol. The van der Waals surface area contributed by atoms with Crippen LogP contribution in [0.25, 0.3) is 10.8 Å². The fraction of sp³-hybridized carbons (Fsp3) is 0.167. The molecule has 0 saturated carbocycles. The lowest BCUT2D eigenvalue weighted by Crippen LogP contribution is -1.98. The summed E-state index contributed by atoms with van der Waals surface area (Å²) >= 11 is 0. The number of nitrogens with zero attached hydrogens (tertiary/aromatic N) is 1. The number of pyridine rings is 1. The second kappa shape index (κ2) is 3.58. The molecule has 2 rings (SSSR count). The Hall–Kier alpha value is -1.70. The molecule has 0 aliphatic rings. The topological polar surface area (TPSA) is 30.0 Å². The van der Waals surface area contributed by atoms with E-state index in [1.165, 1.54) is 0 Å². The van der Waals surface area contributed by atoms with Gasteiger partial charge in [0, 0.05) is 29.8 Å². The molecule has 0 fully saturated rings. The van der Waals surface area contributed by atoms with E-state index in [4.69, 9.17) is 0 Å². The molecule has 0 N–H and O–H groups in total. The molecule has 70 valence electrons. The quantitative estimate of drug-likeness (QED) is 0.673. The molecule has 0 aliphatic heterocycles. The van der Waals surface area contributed by atoms with E-state index in [1.807, 2.05) is 31.2 Å². The van der Waals surface area contributed by atoms with Gasteiger partial charge in [0.05, 0.1) is 0 Å². The molecule has 1 heterocycles. The van der Waals surface area contributed by atoms with Gasteiger partial charge in [0.1, 0.15) is 0 Å². The Morgan fingerprint density at radius 2 is 2.07 bits per heavy atom. The highest BCUT2D eigenvalue weighted by Gasteiger charge is 2.07. The smallest absolute Gasteiger partial charge is 0.164 e. The fourth-order valence-electron chi connectivity index (χ4n) is 1.53. The predicted octanol–water partition coefficient (Wildman–Crippen LogP) is 2.83. The average molecular weight is 185 g/mol. The maximum atomic E-state index is 11.6. The van der Waals surface area contributed by atoms with E-state index >= 15 is 0 Å². The second-order valence-electron chi connectivity index (χ2n) is 3.18.